The summed E-state index contributed by atoms with van der Waals surface area (Å²) in [5, 5.41) is 7.06. The van der Waals surface area contributed by atoms with Crippen LogP contribution in [0.3, 0.4) is 0 Å². The standard InChI is InChI=1S/C14H17FN6O/c15-11-5-17-13(18-6-11)1-2-14(22)20-12-3-10(4-12)7-21-9-16-8-19-21/h5-6,8-10,12H,1-4,7H2,(H,20,22). The van der Waals surface area contributed by atoms with Gasteiger partial charge in [-0.25, -0.2) is 19.3 Å². The summed E-state index contributed by atoms with van der Waals surface area (Å²) in [7, 11) is 0. The van der Waals surface area contributed by atoms with E-state index >= 15 is 0 Å². The van der Waals surface area contributed by atoms with E-state index in [4.69, 9.17) is 0 Å². The van der Waals surface area contributed by atoms with Gasteiger partial charge in [0, 0.05) is 25.4 Å². The predicted molar refractivity (Wildman–Crippen MR) is 75.0 cm³/mol. The Labute approximate surface area is 127 Å². The van der Waals surface area contributed by atoms with E-state index in [9.17, 15) is 9.18 Å². The monoisotopic (exact) mass is 304 g/mol. The van der Waals surface area contributed by atoms with Crippen LogP contribution in [0.2, 0.25) is 0 Å². The highest BCUT2D eigenvalue weighted by Crippen LogP contribution is 2.28. The summed E-state index contributed by atoms with van der Waals surface area (Å²) >= 11 is 0. The lowest BCUT2D eigenvalue weighted by atomic mass is 9.80. The second-order valence-corrected chi connectivity index (χ2v) is 5.54. The van der Waals surface area contributed by atoms with Gasteiger partial charge < -0.3 is 5.32 Å². The number of carbonyl (C=O) groups is 1. The third-order valence-corrected chi connectivity index (χ3v) is 3.76. The topological polar surface area (TPSA) is 85.6 Å². The molecule has 2 heterocycles. The first-order chi connectivity index (χ1) is 10.7. The molecule has 22 heavy (non-hydrogen) atoms. The Hall–Kier alpha value is -2.38. The molecule has 116 valence electrons. The number of aromatic nitrogens is 5. The molecular formula is C14H17FN6O. The van der Waals surface area contributed by atoms with E-state index < -0.39 is 5.82 Å². The Morgan fingerprint density at radius 2 is 2.14 bits per heavy atom. The van der Waals surface area contributed by atoms with Gasteiger partial charge >= 0.3 is 0 Å². The quantitative estimate of drug-likeness (QED) is 0.850. The van der Waals surface area contributed by atoms with Crippen LogP contribution in [0.1, 0.15) is 25.1 Å². The Morgan fingerprint density at radius 1 is 1.36 bits per heavy atom. The molecule has 0 unspecified atom stereocenters. The first-order valence-electron chi connectivity index (χ1n) is 7.27. The van der Waals surface area contributed by atoms with Crippen LogP contribution in [0, 0.1) is 11.7 Å². The first-order valence-corrected chi connectivity index (χ1v) is 7.27. The van der Waals surface area contributed by atoms with Gasteiger partial charge in [0.15, 0.2) is 5.82 Å². The molecule has 8 heteroatoms. The number of aryl methyl sites for hydroxylation is 1. The largest absolute Gasteiger partial charge is 0.353 e. The summed E-state index contributed by atoms with van der Waals surface area (Å²) in [6, 6.07) is 0.232. The minimum atomic E-state index is -0.471. The van der Waals surface area contributed by atoms with E-state index in [1.54, 1.807) is 6.33 Å². The molecule has 2 aromatic heterocycles. The second kappa shape index (κ2) is 6.59. The lowest BCUT2D eigenvalue weighted by Crippen LogP contribution is -2.45. The Kier molecular flexibility index (Phi) is 4.36. The third kappa shape index (κ3) is 3.84. The maximum atomic E-state index is 12.7. The average Bonchev–Trinajstić information content (AvgIpc) is 2.97. The molecule has 3 rings (SSSR count). The van der Waals surface area contributed by atoms with Crippen LogP contribution in [0.4, 0.5) is 4.39 Å². The Morgan fingerprint density at radius 3 is 2.82 bits per heavy atom. The van der Waals surface area contributed by atoms with Gasteiger partial charge in [0.1, 0.15) is 18.5 Å². The summed E-state index contributed by atoms with van der Waals surface area (Å²) in [6.45, 7) is 0.843. The Balaban J connectivity index is 1.34. The molecule has 7 nitrogen and oxygen atoms in total. The molecule has 0 aromatic carbocycles. The van der Waals surface area contributed by atoms with Crippen molar-refractivity contribution in [2.75, 3.05) is 0 Å². The van der Waals surface area contributed by atoms with Crippen molar-refractivity contribution >= 4 is 5.91 Å². The number of rotatable bonds is 6. The zero-order valence-electron chi connectivity index (χ0n) is 12.0. The van der Waals surface area contributed by atoms with Crippen molar-refractivity contribution in [3.05, 3.63) is 36.7 Å². The summed E-state index contributed by atoms with van der Waals surface area (Å²) in [5.41, 5.74) is 0. The zero-order chi connectivity index (χ0) is 15.4. The van der Waals surface area contributed by atoms with Crippen molar-refractivity contribution in [3.8, 4) is 0 Å². The molecular weight excluding hydrogens is 287 g/mol. The fourth-order valence-corrected chi connectivity index (χ4v) is 2.59. The lowest BCUT2D eigenvalue weighted by molar-refractivity contribution is -0.122. The number of hydrogen-bond acceptors (Lipinski definition) is 5. The lowest BCUT2D eigenvalue weighted by Gasteiger charge is -2.35. The first kappa shape index (κ1) is 14.6. The molecule has 1 fully saturated rings. The van der Waals surface area contributed by atoms with Crippen molar-refractivity contribution in [1.82, 2.24) is 30.0 Å². The summed E-state index contributed by atoms with van der Waals surface area (Å²) in [5.74, 6) is 0.528. The van der Waals surface area contributed by atoms with E-state index in [1.165, 1.54) is 6.33 Å². The van der Waals surface area contributed by atoms with Crippen molar-refractivity contribution in [1.29, 1.82) is 0 Å². The highest BCUT2D eigenvalue weighted by atomic mass is 19.1. The van der Waals surface area contributed by atoms with E-state index in [2.05, 4.69) is 25.4 Å². The molecule has 0 bridgehead atoms. The smallest absolute Gasteiger partial charge is 0.220 e. The minimum absolute atomic E-state index is 0.0165. The summed E-state index contributed by atoms with van der Waals surface area (Å²) in [4.78, 5) is 23.4. The van der Waals surface area contributed by atoms with Crippen LogP contribution in [-0.4, -0.2) is 36.7 Å². The molecule has 0 atom stereocenters. The van der Waals surface area contributed by atoms with Gasteiger partial charge in [-0.15, -0.1) is 0 Å². The van der Waals surface area contributed by atoms with Crippen LogP contribution in [0.25, 0.3) is 0 Å². The number of nitrogens with zero attached hydrogens (tertiary/aromatic N) is 5. The molecule has 1 aliphatic carbocycles. The number of hydrogen-bond donors (Lipinski definition) is 1. The van der Waals surface area contributed by atoms with E-state index in [-0.39, 0.29) is 11.9 Å². The van der Waals surface area contributed by atoms with Crippen molar-refractivity contribution in [2.24, 2.45) is 5.92 Å². The molecule has 0 saturated heterocycles. The van der Waals surface area contributed by atoms with Crippen LogP contribution in [0.15, 0.2) is 25.0 Å². The summed E-state index contributed by atoms with van der Waals surface area (Å²) in [6.07, 6.45) is 8.10. The van der Waals surface area contributed by atoms with Crippen molar-refractivity contribution in [3.63, 3.8) is 0 Å². The molecule has 0 spiro atoms. The highest BCUT2D eigenvalue weighted by Gasteiger charge is 2.30. The van der Waals surface area contributed by atoms with E-state index in [1.807, 2.05) is 4.68 Å². The number of halogens is 1. The van der Waals surface area contributed by atoms with Crippen LogP contribution in [0.5, 0.6) is 0 Å². The number of carbonyl (C=O) groups excluding carboxylic acids is 1. The summed E-state index contributed by atoms with van der Waals surface area (Å²) < 4.78 is 14.5. The van der Waals surface area contributed by atoms with Crippen LogP contribution >= 0.6 is 0 Å². The number of nitrogens with one attached hydrogen (secondary N) is 1. The van der Waals surface area contributed by atoms with Gasteiger partial charge in [0.05, 0.1) is 12.4 Å². The Bertz CT molecular complexity index is 609. The van der Waals surface area contributed by atoms with Crippen molar-refractivity contribution < 1.29 is 9.18 Å². The molecule has 2 aromatic rings. The zero-order valence-corrected chi connectivity index (χ0v) is 12.0. The highest BCUT2D eigenvalue weighted by molar-refractivity contribution is 5.76. The predicted octanol–water partition coefficient (Wildman–Crippen LogP) is 0.735. The van der Waals surface area contributed by atoms with Gasteiger partial charge in [0.25, 0.3) is 0 Å². The minimum Gasteiger partial charge on any atom is -0.353 e. The fourth-order valence-electron chi connectivity index (χ4n) is 2.59. The van der Waals surface area contributed by atoms with Gasteiger partial charge in [0.2, 0.25) is 5.91 Å². The van der Waals surface area contributed by atoms with Gasteiger partial charge in [-0.1, -0.05) is 0 Å². The molecule has 1 N–H and O–H groups in total. The van der Waals surface area contributed by atoms with Gasteiger partial charge in [-0.2, -0.15) is 5.10 Å². The number of amides is 1. The van der Waals surface area contributed by atoms with Crippen LogP contribution < -0.4 is 5.32 Å². The average molecular weight is 304 g/mol. The molecule has 1 amide bonds. The van der Waals surface area contributed by atoms with E-state index in [0.29, 0.717) is 24.6 Å². The molecule has 1 aliphatic rings. The maximum Gasteiger partial charge on any atom is 0.220 e. The normalized spacial score (nSPS) is 20.4. The molecule has 1 saturated carbocycles. The van der Waals surface area contributed by atoms with E-state index in [0.717, 1.165) is 31.8 Å². The van der Waals surface area contributed by atoms with Gasteiger partial charge in [-0.3, -0.25) is 9.48 Å². The maximum absolute atomic E-state index is 12.7. The molecule has 0 aliphatic heterocycles. The third-order valence-electron chi connectivity index (χ3n) is 3.76. The van der Waals surface area contributed by atoms with Gasteiger partial charge in [-0.05, 0) is 18.8 Å². The SMILES string of the molecule is O=C(CCc1ncc(F)cn1)NC1CC(Cn2cncn2)C1. The molecule has 0 radical (unpaired) electrons. The van der Waals surface area contributed by atoms with Crippen LogP contribution in [-0.2, 0) is 17.8 Å². The fraction of sp³-hybridized carbons (Fsp3) is 0.500. The second-order valence-electron chi connectivity index (χ2n) is 5.54. The van der Waals surface area contributed by atoms with Crippen molar-refractivity contribution in [2.45, 2.75) is 38.3 Å².